The zero-order valence-corrected chi connectivity index (χ0v) is 45.4. The molecule has 2 fully saturated rings. The van der Waals surface area contributed by atoms with Crippen LogP contribution in [0.2, 0.25) is 20.1 Å². The lowest BCUT2D eigenvalue weighted by Gasteiger charge is -2.44. The molecular formula is C58H48Cl4N4O8S2. The van der Waals surface area contributed by atoms with E-state index in [4.69, 9.17) is 55.9 Å². The molecular weight excluding hydrogens is 1090 g/mol. The first-order valence-corrected chi connectivity index (χ1v) is 29.1. The summed E-state index contributed by atoms with van der Waals surface area (Å²) in [7, 11) is -6.66. The largest absolute Gasteiger partial charge is 0.358 e. The van der Waals surface area contributed by atoms with Gasteiger partial charge in [0.15, 0.2) is 19.7 Å². The zero-order valence-electron chi connectivity index (χ0n) is 40.7. The first-order valence-electron chi connectivity index (χ1n) is 23.8. The average molecular weight is 1130 g/mol. The summed E-state index contributed by atoms with van der Waals surface area (Å²) in [5.41, 5.74) is 6.24. The number of hydrogen-bond donors (Lipinski definition) is 0. The Morgan fingerprint density at radius 2 is 0.737 bits per heavy atom. The van der Waals surface area contributed by atoms with Gasteiger partial charge in [-0.15, -0.1) is 0 Å². The van der Waals surface area contributed by atoms with Gasteiger partial charge in [-0.1, -0.05) is 119 Å². The molecule has 76 heavy (non-hydrogen) atoms. The molecule has 10 rings (SSSR count). The third-order valence-electron chi connectivity index (χ3n) is 13.0. The number of morpholine rings is 2. The van der Waals surface area contributed by atoms with E-state index in [9.17, 15) is 26.4 Å². The van der Waals surface area contributed by atoms with E-state index in [1.807, 2.05) is 60.7 Å². The van der Waals surface area contributed by atoms with Gasteiger partial charge in [0.1, 0.15) is 24.4 Å². The number of pyridine rings is 2. The topological polar surface area (TPSA) is 153 Å². The maximum atomic E-state index is 14.1. The van der Waals surface area contributed by atoms with Crippen LogP contribution in [0.3, 0.4) is 0 Å². The fourth-order valence-corrected chi connectivity index (χ4v) is 11.0. The van der Waals surface area contributed by atoms with Crippen molar-refractivity contribution >= 4 is 89.3 Å². The van der Waals surface area contributed by atoms with Crippen LogP contribution in [0, 0.1) is 0 Å². The predicted molar refractivity (Wildman–Crippen MR) is 296 cm³/mol. The van der Waals surface area contributed by atoms with Gasteiger partial charge in [-0.3, -0.25) is 29.4 Å². The Kier molecular flexibility index (Phi) is 16.7. The molecule has 6 atom stereocenters. The summed E-state index contributed by atoms with van der Waals surface area (Å²) >= 11 is 24.7. The van der Waals surface area contributed by atoms with E-state index in [0.29, 0.717) is 31.5 Å². The zero-order chi connectivity index (χ0) is 53.7. The third kappa shape index (κ3) is 12.7. The highest BCUT2D eigenvalue weighted by Crippen LogP contribution is 2.47. The van der Waals surface area contributed by atoms with Crippen LogP contribution in [0.5, 0.6) is 0 Å². The second kappa shape index (κ2) is 23.4. The van der Waals surface area contributed by atoms with Gasteiger partial charge in [0.2, 0.25) is 0 Å². The molecule has 1 unspecified atom stereocenters. The molecule has 8 aromatic rings. The summed E-state index contributed by atoms with van der Waals surface area (Å²) in [6.45, 7) is 0. The van der Waals surface area contributed by atoms with E-state index in [2.05, 4.69) is 9.97 Å². The Balaban J connectivity index is 0.000000186. The fraction of sp³-hybridized carbons (Fsp3) is 0.172. The van der Waals surface area contributed by atoms with Gasteiger partial charge in [0.25, 0.3) is 11.8 Å². The third-order valence-corrected chi connectivity index (χ3v) is 16.3. The quantitative estimate of drug-likeness (QED) is 0.115. The number of anilines is 2. The molecule has 0 bridgehead atoms. The Labute approximate surface area is 461 Å². The van der Waals surface area contributed by atoms with Crippen LogP contribution < -0.4 is 9.80 Å². The summed E-state index contributed by atoms with van der Waals surface area (Å²) in [5.74, 6) is -0.453. The summed E-state index contributed by atoms with van der Waals surface area (Å²) in [6, 6.07) is 48.7. The van der Waals surface area contributed by atoms with Crippen LogP contribution in [0.1, 0.15) is 57.7 Å². The number of nitrogens with zero attached hydrogens (tertiary/aromatic N) is 4. The van der Waals surface area contributed by atoms with Crippen molar-refractivity contribution in [2.75, 3.05) is 22.3 Å². The van der Waals surface area contributed by atoms with Crippen molar-refractivity contribution in [1.29, 1.82) is 0 Å². The fourth-order valence-electron chi connectivity index (χ4n) is 9.28. The van der Waals surface area contributed by atoms with Gasteiger partial charge in [-0.25, -0.2) is 16.8 Å². The number of halogens is 4. The Morgan fingerprint density at radius 1 is 0.434 bits per heavy atom. The van der Waals surface area contributed by atoms with E-state index in [-0.39, 0.29) is 34.4 Å². The van der Waals surface area contributed by atoms with Crippen LogP contribution in [0.4, 0.5) is 11.4 Å². The van der Waals surface area contributed by atoms with Crippen LogP contribution >= 0.6 is 46.4 Å². The first kappa shape index (κ1) is 54.3. The summed E-state index contributed by atoms with van der Waals surface area (Å²) in [6.07, 6.45) is 6.74. The minimum atomic E-state index is -3.33. The maximum Gasteiger partial charge on any atom is 0.257 e. The molecule has 12 nitrogen and oxygen atoms in total. The molecule has 18 heteroatoms. The second-order valence-corrected chi connectivity index (χ2v) is 24.0. The molecule has 0 aliphatic carbocycles. The molecule has 2 aromatic heterocycles. The van der Waals surface area contributed by atoms with E-state index in [1.54, 1.807) is 144 Å². The Bertz CT molecular complexity index is 3300. The Morgan fingerprint density at radius 3 is 1.01 bits per heavy atom. The van der Waals surface area contributed by atoms with Crippen molar-refractivity contribution in [2.45, 2.75) is 59.1 Å². The minimum Gasteiger partial charge on any atom is -0.358 e. The smallest absolute Gasteiger partial charge is 0.257 e. The van der Waals surface area contributed by atoms with Gasteiger partial charge in [-0.2, -0.15) is 0 Å². The number of carbonyl (C=O) groups excluding carboxylic acids is 2. The normalized spacial score (nSPS) is 19.9. The average Bonchev–Trinajstić information content (AvgIpc) is 3.49. The number of carbonyl (C=O) groups is 2. The van der Waals surface area contributed by atoms with Crippen LogP contribution in [-0.2, 0) is 51.6 Å². The SMILES string of the molecule is CS(=O)(=O)c1ccc(C[C@@H]2O[C@@H](c3ccc(Cl)cc3)[C@@H](c3ccc(Cl)cc3)N(c3cccnc3)C2=O)cc1.CS(=O)(=O)c1ccc(C[C@H]2O[C@H](c3ccc(Cl)cc3)C(c3ccc(Cl)cc3)N(c3cccnc3)C2=O)cc1. The van der Waals surface area contributed by atoms with Gasteiger partial charge in [0, 0.05) is 57.8 Å². The number of aromatic nitrogens is 2. The standard InChI is InChI=1S/2C29H24Cl2N2O4S/c2*1-38(35,36)25-14-4-19(5-15-25)17-26-29(34)33(24-3-2-16-32-18-24)27(20-6-10-22(30)11-7-20)28(37-26)21-8-12-23(31)13-9-21/h2*2-16,18,26-28H,17H2,1H3/t26-,27?,28-;26-,27+,28-/m10/s1. The highest BCUT2D eigenvalue weighted by atomic mass is 35.5. The second-order valence-electron chi connectivity index (χ2n) is 18.3. The molecule has 0 radical (unpaired) electrons. The lowest BCUT2D eigenvalue weighted by Crippen LogP contribution is -2.51. The lowest BCUT2D eigenvalue weighted by atomic mass is 9.90. The number of sulfone groups is 2. The Hall–Kier alpha value is -6.46. The van der Waals surface area contributed by atoms with Crippen molar-refractivity contribution in [2.24, 2.45) is 0 Å². The monoisotopic (exact) mass is 1130 g/mol. The van der Waals surface area contributed by atoms with Crippen molar-refractivity contribution in [3.8, 4) is 0 Å². The van der Waals surface area contributed by atoms with Crippen molar-refractivity contribution in [3.05, 3.63) is 248 Å². The van der Waals surface area contributed by atoms with Gasteiger partial charge < -0.3 is 9.47 Å². The lowest BCUT2D eigenvalue weighted by molar-refractivity contribution is -0.145. The number of hydrogen-bond acceptors (Lipinski definition) is 10. The van der Waals surface area contributed by atoms with Crippen molar-refractivity contribution in [3.63, 3.8) is 0 Å². The first-order chi connectivity index (χ1) is 36.4. The van der Waals surface area contributed by atoms with Crippen molar-refractivity contribution < 1.29 is 35.9 Å². The molecule has 0 spiro atoms. The van der Waals surface area contributed by atoms with Crippen LogP contribution in [0.15, 0.2) is 204 Å². The number of benzene rings is 6. The number of ether oxygens (including phenoxy) is 2. The van der Waals surface area contributed by atoms with E-state index >= 15 is 0 Å². The summed E-state index contributed by atoms with van der Waals surface area (Å²) < 4.78 is 60.7. The molecule has 0 N–H and O–H groups in total. The molecule has 4 heterocycles. The van der Waals surface area contributed by atoms with E-state index in [1.165, 1.54) is 0 Å². The number of amides is 2. The number of rotatable bonds is 12. The predicted octanol–water partition coefficient (Wildman–Crippen LogP) is 12.5. The molecule has 2 amide bonds. The van der Waals surface area contributed by atoms with E-state index in [0.717, 1.165) is 45.9 Å². The van der Waals surface area contributed by atoms with Crippen LogP contribution in [0.25, 0.3) is 0 Å². The van der Waals surface area contributed by atoms with Crippen molar-refractivity contribution in [1.82, 2.24) is 9.97 Å². The van der Waals surface area contributed by atoms with Gasteiger partial charge in [0.05, 0.1) is 45.6 Å². The molecule has 2 saturated heterocycles. The molecule has 388 valence electrons. The molecule has 0 saturated carbocycles. The van der Waals surface area contributed by atoms with E-state index < -0.39 is 56.2 Å². The van der Waals surface area contributed by atoms with Gasteiger partial charge >= 0.3 is 0 Å². The van der Waals surface area contributed by atoms with Crippen LogP contribution in [-0.4, -0.2) is 63.3 Å². The highest BCUT2D eigenvalue weighted by Gasteiger charge is 2.46. The highest BCUT2D eigenvalue weighted by molar-refractivity contribution is 7.91. The molecule has 2 aliphatic heterocycles. The summed E-state index contributed by atoms with van der Waals surface area (Å²) in [4.78, 5) is 40.5. The molecule has 6 aromatic carbocycles. The minimum absolute atomic E-state index is 0.218. The molecule has 2 aliphatic rings. The van der Waals surface area contributed by atoms with Gasteiger partial charge in [-0.05, 0) is 130 Å². The summed E-state index contributed by atoms with van der Waals surface area (Å²) in [5, 5.41) is 2.36. The maximum absolute atomic E-state index is 14.1.